The maximum absolute atomic E-state index is 12.9. The first-order valence-electron chi connectivity index (χ1n) is 5.52. The van der Waals surface area contributed by atoms with E-state index in [-0.39, 0.29) is 0 Å². The van der Waals surface area contributed by atoms with Crippen LogP contribution < -0.4 is 5.32 Å². The van der Waals surface area contributed by atoms with Crippen molar-refractivity contribution >= 4 is 5.69 Å². The highest BCUT2D eigenvalue weighted by Gasteiger charge is 2.13. The summed E-state index contributed by atoms with van der Waals surface area (Å²) < 4.78 is 31.1. The lowest BCUT2D eigenvalue weighted by atomic mass is 10.0. The molecule has 0 saturated carbocycles. The number of rotatable bonds is 3. The first-order chi connectivity index (χ1) is 7.74. The molecule has 1 aromatic carbocycles. The van der Waals surface area contributed by atoms with Crippen LogP contribution in [0.2, 0.25) is 0 Å². The van der Waals surface area contributed by atoms with E-state index in [0.29, 0.717) is 18.2 Å². The number of nitrogens with one attached hydrogen (secondary N) is 1. The number of hydrogen-bond acceptors (Lipinski definition) is 2. The lowest BCUT2D eigenvalue weighted by molar-refractivity contribution is 0.0595. The molecule has 0 bridgehead atoms. The summed E-state index contributed by atoms with van der Waals surface area (Å²) in [5.41, 5.74) is 0.489. The molecule has 1 unspecified atom stereocenters. The van der Waals surface area contributed by atoms with Gasteiger partial charge in [0, 0.05) is 24.9 Å². The van der Waals surface area contributed by atoms with E-state index >= 15 is 0 Å². The number of anilines is 1. The molecule has 1 heterocycles. The SMILES string of the molecule is Fc1cc(F)cc(NCC2CCCOC2)c1. The second-order valence-electron chi connectivity index (χ2n) is 4.12. The minimum atomic E-state index is -0.553. The Balaban J connectivity index is 1.88. The molecule has 0 radical (unpaired) electrons. The van der Waals surface area contributed by atoms with Gasteiger partial charge in [-0.25, -0.2) is 8.78 Å². The molecular formula is C12H15F2NO. The zero-order valence-corrected chi connectivity index (χ0v) is 9.01. The lowest BCUT2D eigenvalue weighted by Crippen LogP contribution is -2.24. The largest absolute Gasteiger partial charge is 0.385 e. The molecule has 1 atom stereocenters. The molecule has 4 heteroatoms. The molecule has 2 nitrogen and oxygen atoms in total. The Bertz CT molecular complexity index is 331. The predicted octanol–water partition coefficient (Wildman–Crippen LogP) is 2.80. The van der Waals surface area contributed by atoms with Gasteiger partial charge in [0.2, 0.25) is 0 Å². The van der Waals surface area contributed by atoms with Gasteiger partial charge < -0.3 is 10.1 Å². The molecule has 88 valence electrons. The Kier molecular flexibility index (Phi) is 3.72. The summed E-state index contributed by atoms with van der Waals surface area (Å²) in [7, 11) is 0. The molecule has 1 aromatic rings. The van der Waals surface area contributed by atoms with E-state index in [2.05, 4.69) is 5.32 Å². The minimum Gasteiger partial charge on any atom is -0.385 e. The van der Waals surface area contributed by atoms with Crippen molar-refractivity contribution in [2.75, 3.05) is 25.1 Å². The van der Waals surface area contributed by atoms with Crippen molar-refractivity contribution in [3.63, 3.8) is 0 Å². The molecule has 1 N–H and O–H groups in total. The molecule has 2 rings (SSSR count). The average Bonchev–Trinajstić information content (AvgIpc) is 2.27. The third kappa shape index (κ3) is 3.17. The summed E-state index contributed by atoms with van der Waals surface area (Å²) in [4.78, 5) is 0. The fourth-order valence-corrected chi connectivity index (χ4v) is 1.89. The van der Waals surface area contributed by atoms with Gasteiger partial charge in [0.1, 0.15) is 11.6 Å². The Labute approximate surface area is 93.6 Å². The van der Waals surface area contributed by atoms with Crippen LogP contribution >= 0.6 is 0 Å². The topological polar surface area (TPSA) is 21.3 Å². The molecule has 1 aliphatic rings. The van der Waals surface area contributed by atoms with E-state index in [9.17, 15) is 8.78 Å². The second-order valence-corrected chi connectivity index (χ2v) is 4.12. The highest BCUT2D eigenvalue weighted by atomic mass is 19.1. The van der Waals surface area contributed by atoms with Crippen LogP contribution in [0.25, 0.3) is 0 Å². The molecule has 1 saturated heterocycles. The van der Waals surface area contributed by atoms with Crippen LogP contribution in [0.4, 0.5) is 14.5 Å². The van der Waals surface area contributed by atoms with E-state index in [1.807, 2.05) is 0 Å². The van der Waals surface area contributed by atoms with E-state index in [4.69, 9.17) is 4.74 Å². The number of halogens is 2. The van der Waals surface area contributed by atoms with Gasteiger partial charge >= 0.3 is 0 Å². The van der Waals surface area contributed by atoms with Crippen molar-refractivity contribution in [2.24, 2.45) is 5.92 Å². The van der Waals surface area contributed by atoms with Crippen LogP contribution in [0.3, 0.4) is 0 Å². The minimum absolute atomic E-state index is 0.431. The van der Waals surface area contributed by atoms with Crippen LogP contribution in [-0.2, 0) is 4.74 Å². The van der Waals surface area contributed by atoms with Crippen molar-refractivity contribution in [2.45, 2.75) is 12.8 Å². The summed E-state index contributed by atoms with van der Waals surface area (Å²) in [5.74, 6) is -0.676. The molecule has 0 spiro atoms. The Morgan fingerprint density at radius 1 is 1.25 bits per heavy atom. The van der Waals surface area contributed by atoms with Gasteiger partial charge in [-0.1, -0.05) is 0 Å². The monoisotopic (exact) mass is 227 g/mol. The predicted molar refractivity (Wildman–Crippen MR) is 58.4 cm³/mol. The van der Waals surface area contributed by atoms with Gasteiger partial charge in [0.25, 0.3) is 0 Å². The lowest BCUT2D eigenvalue weighted by Gasteiger charge is -2.22. The highest BCUT2D eigenvalue weighted by Crippen LogP contribution is 2.17. The van der Waals surface area contributed by atoms with E-state index in [0.717, 1.165) is 32.1 Å². The molecule has 0 aliphatic carbocycles. The van der Waals surface area contributed by atoms with Crippen LogP contribution in [0.1, 0.15) is 12.8 Å². The van der Waals surface area contributed by atoms with Crippen LogP contribution in [0.5, 0.6) is 0 Å². The van der Waals surface area contributed by atoms with Gasteiger partial charge in [-0.15, -0.1) is 0 Å². The van der Waals surface area contributed by atoms with E-state index in [1.165, 1.54) is 12.1 Å². The third-order valence-corrected chi connectivity index (χ3v) is 2.71. The zero-order chi connectivity index (χ0) is 11.4. The summed E-state index contributed by atoms with van der Waals surface area (Å²) in [6, 6.07) is 3.47. The van der Waals surface area contributed by atoms with Gasteiger partial charge in [-0.3, -0.25) is 0 Å². The van der Waals surface area contributed by atoms with Crippen molar-refractivity contribution in [1.29, 1.82) is 0 Å². The fourth-order valence-electron chi connectivity index (χ4n) is 1.89. The van der Waals surface area contributed by atoms with Crippen molar-refractivity contribution in [3.05, 3.63) is 29.8 Å². The third-order valence-electron chi connectivity index (χ3n) is 2.71. The smallest absolute Gasteiger partial charge is 0.128 e. The summed E-state index contributed by atoms with van der Waals surface area (Å²) >= 11 is 0. The normalized spacial score (nSPS) is 20.8. The van der Waals surface area contributed by atoms with Crippen molar-refractivity contribution < 1.29 is 13.5 Å². The van der Waals surface area contributed by atoms with Gasteiger partial charge in [0.15, 0.2) is 0 Å². The molecular weight excluding hydrogens is 212 g/mol. The van der Waals surface area contributed by atoms with Gasteiger partial charge in [-0.2, -0.15) is 0 Å². The standard InChI is InChI=1S/C12H15F2NO/c13-10-4-11(14)6-12(5-10)15-7-9-2-1-3-16-8-9/h4-6,9,15H,1-3,7-8H2. The molecule has 0 aromatic heterocycles. The molecule has 0 amide bonds. The van der Waals surface area contributed by atoms with Gasteiger partial charge in [-0.05, 0) is 30.9 Å². The Morgan fingerprint density at radius 3 is 2.62 bits per heavy atom. The van der Waals surface area contributed by atoms with E-state index < -0.39 is 11.6 Å². The van der Waals surface area contributed by atoms with Crippen molar-refractivity contribution in [3.8, 4) is 0 Å². The fraction of sp³-hybridized carbons (Fsp3) is 0.500. The highest BCUT2D eigenvalue weighted by molar-refractivity contribution is 5.43. The zero-order valence-electron chi connectivity index (χ0n) is 9.01. The molecule has 1 aliphatic heterocycles. The molecule has 1 fully saturated rings. The van der Waals surface area contributed by atoms with Crippen LogP contribution in [0, 0.1) is 17.6 Å². The first kappa shape index (κ1) is 11.3. The molecule has 16 heavy (non-hydrogen) atoms. The summed E-state index contributed by atoms with van der Waals surface area (Å²) in [5, 5.41) is 3.04. The maximum Gasteiger partial charge on any atom is 0.128 e. The van der Waals surface area contributed by atoms with Crippen LogP contribution in [-0.4, -0.2) is 19.8 Å². The summed E-state index contributed by atoms with van der Waals surface area (Å²) in [6.07, 6.45) is 2.16. The van der Waals surface area contributed by atoms with E-state index in [1.54, 1.807) is 0 Å². The van der Waals surface area contributed by atoms with Crippen LogP contribution in [0.15, 0.2) is 18.2 Å². The second kappa shape index (κ2) is 5.25. The Morgan fingerprint density at radius 2 is 2.00 bits per heavy atom. The average molecular weight is 227 g/mol. The quantitative estimate of drug-likeness (QED) is 0.857. The number of benzene rings is 1. The Hall–Kier alpha value is -1.16. The number of ether oxygens (including phenoxy) is 1. The maximum atomic E-state index is 12.9. The number of hydrogen-bond donors (Lipinski definition) is 1. The van der Waals surface area contributed by atoms with Gasteiger partial charge in [0.05, 0.1) is 6.61 Å². The first-order valence-corrected chi connectivity index (χ1v) is 5.52. The summed E-state index contributed by atoms with van der Waals surface area (Å²) in [6.45, 7) is 2.25. The van der Waals surface area contributed by atoms with Crippen molar-refractivity contribution in [1.82, 2.24) is 0 Å².